The zero-order valence-corrected chi connectivity index (χ0v) is 70.2. The van der Waals surface area contributed by atoms with Crippen LogP contribution in [0.25, 0.3) is 0 Å². The van der Waals surface area contributed by atoms with Crippen molar-refractivity contribution in [3.05, 3.63) is 244 Å². The third-order valence-corrected chi connectivity index (χ3v) is 15.2. The minimum atomic E-state index is -3.64. The highest BCUT2D eigenvalue weighted by atomic mass is 35.5. The van der Waals surface area contributed by atoms with E-state index in [2.05, 4.69) is 0 Å². The van der Waals surface area contributed by atoms with Gasteiger partial charge in [0.25, 0.3) is 0 Å². The first-order chi connectivity index (χ1) is 75.0. The van der Waals surface area contributed by atoms with E-state index in [0.717, 1.165) is 27.7 Å². The van der Waals surface area contributed by atoms with Gasteiger partial charge in [0, 0.05) is 174 Å². The minimum absolute atomic E-state index is 0.0366. The Hall–Kier alpha value is -5.74. The van der Waals surface area contributed by atoms with Gasteiger partial charge < -0.3 is 0 Å². The van der Waals surface area contributed by atoms with Crippen LogP contribution in [0.2, 0.25) is 35.2 Å². The van der Waals surface area contributed by atoms with Gasteiger partial charge in [-0.25, -0.2) is 0 Å². The average Bonchev–Trinajstić information content (AvgIpc) is 0.713. The Bertz CT molecular complexity index is 6430. The maximum absolute atomic E-state index is 13.0. The smallest absolute Gasteiger partial charge is 0.165 e. The first kappa shape index (κ1) is 43.1. The molecular formula is C98H133Cl7O7. The van der Waals surface area contributed by atoms with E-state index in [1.807, 2.05) is 41.5 Å². The molecule has 0 spiro atoms. The van der Waals surface area contributed by atoms with Gasteiger partial charge in [0.15, 0.2) is 40.5 Å². The molecule has 7 nitrogen and oxygen atoms in total. The Labute approximate surface area is 794 Å². The second-order valence-electron chi connectivity index (χ2n) is 29.3. The molecule has 0 bridgehead atoms. The number of benzene rings is 7. The van der Waals surface area contributed by atoms with Gasteiger partial charge in [-0.2, -0.15) is 0 Å². The summed E-state index contributed by atoms with van der Waals surface area (Å²) in [7, 11) is 0. The lowest BCUT2D eigenvalue weighted by molar-refractivity contribution is 0.0891. The van der Waals surface area contributed by atoms with Crippen LogP contribution in [-0.2, 0) is 0 Å². The van der Waals surface area contributed by atoms with Gasteiger partial charge in [0.1, 0.15) is 0 Å². The summed E-state index contributed by atoms with van der Waals surface area (Å²) in [5.74, 6) is -20.6. The molecular weight excluding hydrogens is 1540 g/mol. The SMILES string of the molecule is [2H]C([2H])([2H])C(C)(C)C[C@@]([2H])(C)C(=O)c1cccc(Cl)c1.[2H]C([2H])([2H])C(C)(C[C@@]([2H])(C)C(=O)c1cccc(Cl)c1)C([2H])([2H])[2H].[2H]C([2H])([2H])C(C[C@@]([2H])(C)C(=O)c1cccc(Cl)c1)(C([2H])([2H])[2H])C([2H])([2H])[2H].[2H]c1c([2H])c(Cl)c([2H])c(C(=O)C([2H])(C)CC(C([2H])([2H])[2H])(C([2H])([2H])[2H])C([2H])([2H])[2H])c1[2H].[2H]c1c([2H])c(Cl)c([2H])c(C(=O)C([2H])(C)CC(C)(C)C)c1[2H].[2H]c1c([2H])c(Cl)c([2H])c(C(=O)[C@]([2H])(C)CC(C([2H])([2H])[2H])(C([2H])([2H])[2H])C([2H])([2H])[2H])c1[2H].[2H]c1c([2H])c(Cl)c([2H])c(C(=O)[C@]([2H])(C)CC(C)(C)C)c1[2H]. The van der Waals surface area contributed by atoms with Crippen molar-refractivity contribution in [3.8, 4) is 0 Å². The molecule has 7 atom stereocenters. The van der Waals surface area contributed by atoms with E-state index in [0.29, 0.717) is 15.6 Å². The molecule has 0 saturated carbocycles. The van der Waals surface area contributed by atoms with Crippen molar-refractivity contribution in [2.45, 2.75) is 238 Å². The van der Waals surface area contributed by atoms with E-state index in [1.54, 1.807) is 44.2 Å². The van der Waals surface area contributed by atoms with E-state index >= 15 is 0 Å². The summed E-state index contributed by atoms with van der Waals surface area (Å²) in [6, 6.07) is 7.37. The van der Waals surface area contributed by atoms with Gasteiger partial charge in [-0.3, -0.25) is 33.6 Å². The summed E-state index contributed by atoms with van der Waals surface area (Å²) in [6.07, 6.45) is -4.35. The van der Waals surface area contributed by atoms with Crippen molar-refractivity contribution in [1.29, 1.82) is 0 Å². The van der Waals surface area contributed by atoms with Crippen LogP contribution in [0.3, 0.4) is 0 Å². The fourth-order valence-electron chi connectivity index (χ4n) is 9.76. The highest BCUT2D eigenvalue weighted by Crippen LogP contribution is 2.34. The van der Waals surface area contributed by atoms with Crippen LogP contribution in [0.15, 0.2) is 169 Å². The van der Waals surface area contributed by atoms with Crippen molar-refractivity contribution in [2.24, 2.45) is 79.2 Å². The Morgan fingerprint density at radius 2 is 0.446 bits per heavy atom. The molecule has 112 heavy (non-hydrogen) atoms. The topological polar surface area (TPSA) is 119 Å². The Morgan fingerprint density at radius 1 is 0.268 bits per heavy atom. The molecule has 7 rings (SSSR count). The molecule has 0 aliphatic carbocycles. The Balaban J connectivity index is 0.00000100. The molecule has 0 aromatic heterocycles. The lowest BCUT2D eigenvalue weighted by Gasteiger charge is -2.22. The first-order valence-corrected chi connectivity index (χ1v) is 36.3. The van der Waals surface area contributed by atoms with Crippen molar-refractivity contribution >= 4 is 122 Å². The van der Waals surface area contributed by atoms with Crippen LogP contribution in [0, 0.1) is 79.2 Å². The number of ketones is 7. The highest BCUT2D eigenvalue weighted by Gasteiger charge is 2.28. The fourth-order valence-corrected chi connectivity index (χ4v) is 10.9. The molecule has 14 heteroatoms. The van der Waals surface area contributed by atoms with Crippen LogP contribution < -0.4 is 0 Å². The number of hydrogen-bond acceptors (Lipinski definition) is 7. The van der Waals surface area contributed by atoms with Gasteiger partial charge in [0.05, 0.1) is 21.9 Å². The largest absolute Gasteiger partial charge is 0.294 e. The van der Waals surface area contributed by atoms with E-state index in [9.17, 15) is 33.6 Å². The summed E-state index contributed by atoms with van der Waals surface area (Å²) in [4.78, 5) is 88.8. The quantitative estimate of drug-likeness (QED) is 0.0657. The molecule has 7 aromatic rings. The van der Waals surface area contributed by atoms with Crippen LogP contribution >= 0.6 is 81.2 Å². The van der Waals surface area contributed by atoms with Crippen molar-refractivity contribution in [2.75, 3.05) is 0 Å². The third kappa shape index (κ3) is 46.1. The van der Waals surface area contributed by atoms with Gasteiger partial charge in [-0.15, -0.1) is 0 Å². The third-order valence-electron chi connectivity index (χ3n) is 13.8. The molecule has 0 aliphatic rings. The molecule has 0 N–H and O–H groups in total. The predicted octanol–water partition coefficient (Wildman–Crippen LogP) is 32.2. The van der Waals surface area contributed by atoms with E-state index < -0.39 is 335 Å². The maximum atomic E-state index is 13.0. The molecule has 7 aromatic carbocycles. The van der Waals surface area contributed by atoms with Gasteiger partial charge in [-0.1, -0.05) is 359 Å². The van der Waals surface area contributed by atoms with Gasteiger partial charge in [0.2, 0.25) is 0 Å². The molecule has 0 aliphatic heterocycles. The monoisotopic (exact) mass is 1730 g/mol. The molecule has 0 amide bonds. The second-order valence-corrected chi connectivity index (χ2v) is 32.2. The summed E-state index contributed by atoms with van der Waals surface area (Å²) in [5, 5.41) is -1.06. The number of carbonyl (C=O) groups excluding carboxylic acids is 7. The fraction of sp³-hybridized carbons (Fsp3) is 0.500. The van der Waals surface area contributed by atoms with Crippen molar-refractivity contribution in [1.82, 2.24) is 0 Å². The molecule has 616 valence electrons. The number of Topliss-reactive ketones (excluding diaryl/α,β-unsaturated/α-hetero) is 7. The van der Waals surface area contributed by atoms with E-state index in [4.69, 9.17) is 162 Å². The molecule has 0 saturated heterocycles. The lowest BCUT2D eigenvalue weighted by Crippen LogP contribution is -2.18. The molecule has 2 unspecified atom stereocenters. The number of carbonyl (C=O) groups is 7. The summed E-state index contributed by atoms with van der Waals surface area (Å²) in [5.41, 5.74) is -16.1. The van der Waals surface area contributed by atoms with Crippen LogP contribution in [0.5, 0.6) is 0 Å². The van der Waals surface area contributed by atoms with Crippen molar-refractivity contribution in [3.63, 3.8) is 0 Å². The van der Waals surface area contributed by atoms with E-state index in [-0.39, 0.29) is 67.4 Å². The lowest BCUT2D eigenvalue weighted by atomic mass is 9.82. The number of halogens is 7. The summed E-state index contributed by atoms with van der Waals surface area (Å²) < 4.78 is 455. The average molecular weight is 1730 g/mol. The van der Waals surface area contributed by atoms with Gasteiger partial charge >= 0.3 is 0 Å². The van der Waals surface area contributed by atoms with Crippen LogP contribution in [-0.4, -0.2) is 40.5 Å². The summed E-state index contributed by atoms with van der Waals surface area (Å²) in [6.45, 7) is -16.4. The maximum Gasteiger partial charge on any atom is 0.165 e. The van der Waals surface area contributed by atoms with Crippen molar-refractivity contribution < 1.29 is 114 Å². The predicted molar refractivity (Wildman–Crippen MR) is 483 cm³/mol. The Kier molecular flexibility index (Phi) is 18.3. The highest BCUT2D eigenvalue weighted by molar-refractivity contribution is 6.33. The number of rotatable bonds is 21. The van der Waals surface area contributed by atoms with Gasteiger partial charge in [-0.05, 0) is 168 Å². The molecule has 0 fully saturated rings. The van der Waals surface area contributed by atoms with Crippen LogP contribution in [0.4, 0.5) is 0 Å². The standard InChI is InChI=1S/7C14H19ClO/c7*1-10(9-14(2,3)4)13(16)11-6-5-7-12(15)8-11/h7*5-8,10H,9H2,1-4H3/t5*10-;;/m11111../s1/i2D3,3D3,4D3,5D,6D,7D,8D,10D;5D,6D,7D,8D,10D;2D3,3D3,4D3,10D;2D3,3D3,10D;2D3,10D;2D3,3D3,4D3,5D,6D,7D,8D,10D;5D,6D,7D,8D,10D. The zero-order chi connectivity index (χ0) is 137. The van der Waals surface area contributed by atoms with Crippen LogP contribution in [0.1, 0.15) is 391 Å². The summed E-state index contributed by atoms with van der Waals surface area (Å²) >= 11 is 40.5. The first-order valence-electron chi connectivity index (χ1n) is 63.2. The normalized spacial score (nSPS) is 24.5. The Morgan fingerprint density at radius 3 is 0.634 bits per heavy atom. The minimum Gasteiger partial charge on any atom is -0.294 e. The second kappa shape index (κ2) is 47.5. The zero-order valence-electron chi connectivity index (χ0n) is 124. The molecule has 0 heterocycles. The van der Waals surface area contributed by atoms with E-state index in [1.165, 1.54) is 70.2 Å². The number of hydrogen-bond donors (Lipinski definition) is 0. The molecule has 0 radical (unpaired) electrons.